The molecule has 0 spiro atoms. The molecule has 0 saturated carbocycles. The number of primary amides is 1. The van der Waals surface area contributed by atoms with Crippen LogP contribution < -0.4 is 34.5 Å². The average molecular weight is 498 g/mol. The number of nitrogens with one attached hydrogen (secondary N) is 2. The Hall–Kier alpha value is -2.65. The van der Waals surface area contributed by atoms with Crippen LogP contribution in [0.3, 0.4) is 0 Å². The number of amides is 3. The summed E-state index contributed by atoms with van der Waals surface area (Å²) >= 11 is 0. The number of carbonyl (C=O) groups excluding carboxylic acids is 4. The first-order valence-electron chi connectivity index (χ1n) is 11.4. The van der Waals surface area contributed by atoms with E-state index in [0.29, 0.717) is 12.8 Å². The van der Waals surface area contributed by atoms with Crippen LogP contribution in [0, 0.1) is 11.8 Å². The molecule has 1 aromatic rings. The summed E-state index contributed by atoms with van der Waals surface area (Å²) in [5.41, 5.74) is 12.2. The highest BCUT2D eigenvalue weighted by Crippen LogP contribution is 2.11. The standard InChI is InChI=1S/C24H38N4O5.ClH/c1-5-16(4)21(28-23(31)18(25)13-15(2)3)24(32)27-19(22(26)30)11-12-20(29)33-14-17-9-7-6-8-10-17;/h6-10,15-16,18-19,21H,5,11-14,25H2,1-4H3,(H2,26,30)(H,27,32)(H,28,31);1H/p-1. The van der Waals surface area contributed by atoms with E-state index >= 15 is 0 Å². The average Bonchev–Trinajstić information content (AvgIpc) is 2.77. The Morgan fingerprint density at radius 2 is 1.62 bits per heavy atom. The lowest BCUT2D eigenvalue weighted by Gasteiger charge is -2.27. The van der Waals surface area contributed by atoms with Crippen molar-refractivity contribution in [3.8, 4) is 0 Å². The first-order chi connectivity index (χ1) is 15.5. The SMILES string of the molecule is CCC(C)C(NC(=O)C(N)CC(C)C)C(=O)NC(CCC(=O)OCc1ccccc1)C(N)=O.[Cl-]. The molecule has 10 heteroatoms. The molecule has 192 valence electrons. The predicted octanol–water partition coefficient (Wildman–Crippen LogP) is -1.61. The zero-order chi connectivity index (χ0) is 25.0. The molecule has 0 bridgehead atoms. The molecule has 9 nitrogen and oxygen atoms in total. The van der Waals surface area contributed by atoms with E-state index in [1.807, 2.05) is 58.0 Å². The molecule has 0 radical (unpaired) electrons. The van der Waals surface area contributed by atoms with Gasteiger partial charge in [0.1, 0.15) is 18.7 Å². The van der Waals surface area contributed by atoms with Crippen molar-refractivity contribution in [2.75, 3.05) is 0 Å². The lowest BCUT2D eigenvalue weighted by Crippen LogP contribution is -3.00. The molecule has 1 aromatic carbocycles. The Balaban J connectivity index is 0.0000109. The van der Waals surface area contributed by atoms with Crippen molar-refractivity contribution in [2.24, 2.45) is 23.3 Å². The zero-order valence-electron chi connectivity index (χ0n) is 20.4. The minimum Gasteiger partial charge on any atom is -1.00 e. The largest absolute Gasteiger partial charge is 1.00 e. The third kappa shape index (κ3) is 11.5. The van der Waals surface area contributed by atoms with Crippen LogP contribution in [-0.4, -0.2) is 41.8 Å². The van der Waals surface area contributed by atoms with E-state index in [1.165, 1.54) is 0 Å². The van der Waals surface area contributed by atoms with Gasteiger partial charge in [-0.15, -0.1) is 0 Å². The molecule has 6 N–H and O–H groups in total. The van der Waals surface area contributed by atoms with Crippen molar-refractivity contribution in [3.63, 3.8) is 0 Å². The molecular weight excluding hydrogens is 460 g/mol. The van der Waals surface area contributed by atoms with Crippen LogP contribution >= 0.6 is 0 Å². The summed E-state index contributed by atoms with van der Waals surface area (Å²) in [4.78, 5) is 49.3. The van der Waals surface area contributed by atoms with Gasteiger partial charge in [-0.25, -0.2) is 0 Å². The lowest BCUT2D eigenvalue weighted by atomic mass is 9.96. The van der Waals surface area contributed by atoms with E-state index in [4.69, 9.17) is 16.2 Å². The number of esters is 1. The van der Waals surface area contributed by atoms with Crippen LogP contribution in [0.15, 0.2) is 30.3 Å². The minimum atomic E-state index is -1.07. The monoisotopic (exact) mass is 497 g/mol. The van der Waals surface area contributed by atoms with Crippen LogP contribution in [-0.2, 0) is 30.5 Å². The number of halogens is 1. The van der Waals surface area contributed by atoms with Gasteiger partial charge in [0.15, 0.2) is 0 Å². The summed E-state index contributed by atoms with van der Waals surface area (Å²) in [7, 11) is 0. The fourth-order valence-corrected chi connectivity index (χ4v) is 3.20. The summed E-state index contributed by atoms with van der Waals surface area (Å²) < 4.78 is 5.20. The van der Waals surface area contributed by atoms with Gasteiger partial charge in [0.25, 0.3) is 0 Å². The lowest BCUT2D eigenvalue weighted by molar-refractivity contribution is -0.145. The minimum absolute atomic E-state index is 0. The molecule has 1 rings (SSSR count). The van der Waals surface area contributed by atoms with Crippen LogP contribution in [0.25, 0.3) is 0 Å². The number of benzene rings is 1. The van der Waals surface area contributed by atoms with Gasteiger partial charge in [-0.05, 0) is 30.2 Å². The maximum Gasteiger partial charge on any atom is 0.306 e. The van der Waals surface area contributed by atoms with E-state index in [0.717, 1.165) is 5.56 Å². The number of nitrogens with two attached hydrogens (primary N) is 2. The Labute approximate surface area is 208 Å². The second-order valence-electron chi connectivity index (χ2n) is 8.76. The van der Waals surface area contributed by atoms with Gasteiger partial charge >= 0.3 is 5.97 Å². The van der Waals surface area contributed by atoms with Crippen LogP contribution in [0.5, 0.6) is 0 Å². The fraction of sp³-hybridized carbons (Fsp3) is 0.583. The van der Waals surface area contributed by atoms with Crippen molar-refractivity contribution in [1.82, 2.24) is 10.6 Å². The van der Waals surface area contributed by atoms with Gasteiger partial charge in [-0.3, -0.25) is 19.2 Å². The summed E-state index contributed by atoms with van der Waals surface area (Å²) in [5.74, 6) is -2.23. The molecule has 0 aliphatic rings. The highest BCUT2D eigenvalue weighted by Gasteiger charge is 2.30. The van der Waals surface area contributed by atoms with Gasteiger partial charge in [0.05, 0.1) is 6.04 Å². The summed E-state index contributed by atoms with van der Waals surface area (Å²) in [6, 6.07) is 6.50. The molecule has 0 fully saturated rings. The first-order valence-corrected chi connectivity index (χ1v) is 11.4. The molecule has 0 saturated heterocycles. The van der Waals surface area contributed by atoms with E-state index in [-0.39, 0.29) is 43.7 Å². The van der Waals surface area contributed by atoms with Gasteiger partial charge < -0.3 is 39.2 Å². The van der Waals surface area contributed by atoms with Gasteiger partial charge in [0, 0.05) is 6.42 Å². The number of hydrogen-bond donors (Lipinski definition) is 4. The molecule has 4 atom stereocenters. The van der Waals surface area contributed by atoms with Crippen molar-refractivity contribution in [1.29, 1.82) is 0 Å². The molecular formula is C24H38ClN4O5-. The third-order valence-electron chi connectivity index (χ3n) is 5.40. The van der Waals surface area contributed by atoms with Gasteiger partial charge in [-0.1, -0.05) is 64.4 Å². The number of hydrogen-bond acceptors (Lipinski definition) is 6. The van der Waals surface area contributed by atoms with Crippen LogP contribution in [0.1, 0.15) is 58.9 Å². The molecule has 0 aliphatic carbocycles. The third-order valence-corrected chi connectivity index (χ3v) is 5.40. The van der Waals surface area contributed by atoms with Gasteiger partial charge in [-0.2, -0.15) is 0 Å². The summed E-state index contributed by atoms with van der Waals surface area (Å²) in [6.45, 7) is 7.73. The number of carbonyl (C=O) groups is 4. The molecule has 0 aliphatic heterocycles. The van der Waals surface area contributed by atoms with E-state index in [9.17, 15) is 19.2 Å². The van der Waals surface area contributed by atoms with Crippen molar-refractivity contribution < 1.29 is 36.3 Å². The zero-order valence-corrected chi connectivity index (χ0v) is 21.1. The highest BCUT2D eigenvalue weighted by molar-refractivity contribution is 5.93. The maximum absolute atomic E-state index is 12.9. The van der Waals surface area contributed by atoms with Crippen molar-refractivity contribution in [2.45, 2.75) is 78.1 Å². The van der Waals surface area contributed by atoms with E-state index < -0.39 is 41.8 Å². The normalized spacial score (nSPS) is 14.2. The highest BCUT2D eigenvalue weighted by atomic mass is 35.5. The molecule has 4 unspecified atom stereocenters. The van der Waals surface area contributed by atoms with E-state index in [1.54, 1.807) is 0 Å². The number of rotatable bonds is 14. The van der Waals surface area contributed by atoms with Crippen LogP contribution in [0.4, 0.5) is 0 Å². The quantitative estimate of drug-likeness (QED) is 0.227. The topological polar surface area (TPSA) is 154 Å². The second kappa shape index (κ2) is 16.1. The summed E-state index contributed by atoms with van der Waals surface area (Å²) in [5, 5.41) is 5.27. The molecule has 0 heterocycles. The van der Waals surface area contributed by atoms with E-state index in [2.05, 4.69) is 10.6 Å². The summed E-state index contributed by atoms with van der Waals surface area (Å²) in [6.07, 6.45) is 0.990. The molecule has 34 heavy (non-hydrogen) atoms. The Morgan fingerprint density at radius 3 is 2.15 bits per heavy atom. The number of ether oxygens (including phenoxy) is 1. The Morgan fingerprint density at radius 1 is 1.00 bits per heavy atom. The Bertz CT molecular complexity index is 791. The fourth-order valence-electron chi connectivity index (χ4n) is 3.20. The molecule has 3 amide bonds. The smallest absolute Gasteiger partial charge is 0.306 e. The second-order valence-corrected chi connectivity index (χ2v) is 8.76. The predicted molar refractivity (Wildman–Crippen MR) is 125 cm³/mol. The maximum atomic E-state index is 12.9. The van der Waals surface area contributed by atoms with Gasteiger partial charge in [0.2, 0.25) is 17.7 Å². The first kappa shape index (κ1) is 31.4. The molecule has 0 aromatic heterocycles. The van der Waals surface area contributed by atoms with Crippen LogP contribution in [0.2, 0.25) is 0 Å². The Kier molecular flexibility index (Phi) is 14.8. The van der Waals surface area contributed by atoms with Crippen molar-refractivity contribution >= 4 is 23.7 Å². The van der Waals surface area contributed by atoms with Crippen molar-refractivity contribution in [3.05, 3.63) is 35.9 Å².